The Hall–Kier alpha value is -4.14. The Labute approximate surface area is 227 Å². The molecule has 2 aromatic rings. The molecule has 9 nitrogen and oxygen atoms in total. The van der Waals surface area contributed by atoms with Crippen LogP contribution in [0.4, 0.5) is 0 Å². The van der Waals surface area contributed by atoms with Gasteiger partial charge in [-0.05, 0) is 66.8 Å². The molecule has 2 aliphatic heterocycles. The number of hydrogen-bond donors (Lipinski definition) is 2. The summed E-state index contributed by atoms with van der Waals surface area (Å²) in [7, 11) is 0. The number of nitrogens with zero attached hydrogens (tertiary/aromatic N) is 2. The number of aliphatic imine (C=N–C) groups is 1. The highest BCUT2D eigenvalue weighted by Gasteiger charge is 2.39. The molecule has 0 bridgehead atoms. The van der Waals surface area contributed by atoms with Crippen molar-refractivity contribution in [3.8, 4) is 0 Å². The van der Waals surface area contributed by atoms with Crippen molar-refractivity contribution >= 4 is 35.8 Å². The van der Waals surface area contributed by atoms with Gasteiger partial charge in [0.25, 0.3) is 11.8 Å². The molecule has 2 N–H and O–H groups in total. The lowest BCUT2D eigenvalue weighted by Gasteiger charge is -2.29. The monoisotopic (exact) mass is 528 g/mol. The van der Waals surface area contributed by atoms with Gasteiger partial charge >= 0.3 is 0 Å². The van der Waals surface area contributed by atoms with Gasteiger partial charge in [0, 0.05) is 37.6 Å². The van der Waals surface area contributed by atoms with Crippen LogP contribution in [0.2, 0.25) is 0 Å². The van der Waals surface area contributed by atoms with E-state index in [-0.39, 0.29) is 36.0 Å². The van der Waals surface area contributed by atoms with Gasteiger partial charge in [-0.1, -0.05) is 36.4 Å². The average molecular weight is 529 g/mol. The largest absolute Gasteiger partial charge is 0.344 e. The molecule has 9 heteroatoms. The van der Waals surface area contributed by atoms with Gasteiger partial charge in [0.15, 0.2) is 0 Å². The minimum absolute atomic E-state index is 0.0971. The molecule has 1 aliphatic carbocycles. The highest BCUT2D eigenvalue weighted by atomic mass is 16.2. The Morgan fingerprint density at radius 2 is 1.92 bits per heavy atom. The number of piperidine rings is 1. The molecule has 0 saturated carbocycles. The van der Waals surface area contributed by atoms with Crippen molar-refractivity contribution in [1.82, 2.24) is 15.5 Å². The molecule has 0 spiro atoms. The summed E-state index contributed by atoms with van der Waals surface area (Å²) in [4.78, 5) is 67.5. The summed E-state index contributed by atoms with van der Waals surface area (Å²) in [5.41, 5.74) is 4.88. The maximum Gasteiger partial charge on any atom is 0.267 e. The minimum atomic E-state index is -0.728. The number of fused-ring (bicyclic) bond motifs is 2. The van der Waals surface area contributed by atoms with E-state index in [1.165, 1.54) is 23.0 Å². The topological polar surface area (TPSA) is 125 Å². The van der Waals surface area contributed by atoms with E-state index in [0.717, 1.165) is 24.0 Å². The van der Waals surface area contributed by atoms with Gasteiger partial charge in [-0.15, -0.1) is 0 Å². The zero-order valence-electron chi connectivity index (χ0n) is 21.9. The van der Waals surface area contributed by atoms with E-state index in [1.807, 2.05) is 24.3 Å². The van der Waals surface area contributed by atoms with Crippen LogP contribution in [-0.2, 0) is 38.6 Å². The maximum atomic E-state index is 13.1. The van der Waals surface area contributed by atoms with E-state index in [4.69, 9.17) is 0 Å². The molecule has 1 fully saturated rings. The molecule has 1 saturated heterocycles. The highest BCUT2D eigenvalue weighted by Crippen LogP contribution is 2.32. The third-order valence-electron chi connectivity index (χ3n) is 7.85. The number of carbonyl (C=O) groups is 5. The first-order chi connectivity index (χ1) is 18.8. The smallest absolute Gasteiger partial charge is 0.267 e. The van der Waals surface area contributed by atoms with Gasteiger partial charge < -0.3 is 10.2 Å². The lowest BCUT2D eigenvalue weighted by Crippen LogP contribution is -2.52. The summed E-state index contributed by atoms with van der Waals surface area (Å²) in [6, 6.07) is 12.3. The molecule has 3 atom stereocenters. The molecule has 3 aliphatic rings. The van der Waals surface area contributed by atoms with Crippen LogP contribution in [0.15, 0.2) is 47.5 Å². The third-order valence-corrected chi connectivity index (χ3v) is 7.85. The van der Waals surface area contributed by atoms with Crippen LogP contribution in [0.25, 0.3) is 0 Å². The van der Waals surface area contributed by atoms with Crippen molar-refractivity contribution in [2.75, 3.05) is 0 Å². The second-order valence-corrected chi connectivity index (χ2v) is 10.4. The lowest BCUT2D eigenvalue weighted by atomic mass is 9.97. The van der Waals surface area contributed by atoms with Crippen LogP contribution in [0, 0.1) is 0 Å². The fourth-order valence-electron chi connectivity index (χ4n) is 5.88. The van der Waals surface area contributed by atoms with Crippen LogP contribution in [0.5, 0.6) is 0 Å². The van der Waals surface area contributed by atoms with Crippen molar-refractivity contribution in [2.24, 2.45) is 4.99 Å². The summed E-state index contributed by atoms with van der Waals surface area (Å²) in [6.45, 7) is 1.69. The SMILES string of the molecule is CC(=O)NC(CCCc1cccc2c1CN(C1CCC(=O)NC1=O)C2=O)C(=O)/N=C/C1CCc2ccccc21. The van der Waals surface area contributed by atoms with Gasteiger partial charge in [-0.25, -0.2) is 4.99 Å². The zero-order chi connectivity index (χ0) is 27.5. The van der Waals surface area contributed by atoms with E-state index in [0.29, 0.717) is 37.8 Å². The maximum absolute atomic E-state index is 13.1. The lowest BCUT2D eigenvalue weighted by molar-refractivity contribution is -0.137. The molecule has 5 amide bonds. The van der Waals surface area contributed by atoms with E-state index >= 15 is 0 Å². The Kier molecular flexibility index (Phi) is 7.67. The van der Waals surface area contributed by atoms with Crippen LogP contribution >= 0.6 is 0 Å². The molecule has 202 valence electrons. The predicted molar refractivity (Wildman–Crippen MR) is 144 cm³/mol. The van der Waals surface area contributed by atoms with E-state index in [9.17, 15) is 24.0 Å². The van der Waals surface area contributed by atoms with E-state index in [1.54, 1.807) is 12.3 Å². The highest BCUT2D eigenvalue weighted by molar-refractivity contribution is 6.05. The number of imide groups is 1. The van der Waals surface area contributed by atoms with E-state index in [2.05, 4.69) is 27.8 Å². The van der Waals surface area contributed by atoms with E-state index < -0.39 is 18.0 Å². The Morgan fingerprint density at radius 1 is 1.10 bits per heavy atom. The number of benzene rings is 2. The van der Waals surface area contributed by atoms with Gasteiger partial charge in [-0.2, -0.15) is 0 Å². The normalized spacial score (nSPS) is 21.1. The summed E-state index contributed by atoms with van der Waals surface area (Å²) in [5, 5.41) is 5.07. The molecule has 0 aromatic heterocycles. The first kappa shape index (κ1) is 26.5. The van der Waals surface area contributed by atoms with Gasteiger partial charge in [0.2, 0.25) is 17.7 Å². The van der Waals surface area contributed by atoms with Crippen LogP contribution in [0.3, 0.4) is 0 Å². The first-order valence-corrected chi connectivity index (χ1v) is 13.5. The Bertz CT molecular complexity index is 1370. The second kappa shape index (κ2) is 11.3. The van der Waals surface area contributed by atoms with Crippen LogP contribution in [-0.4, -0.2) is 52.7 Å². The molecular formula is C30H32N4O5. The summed E-state index contributed by atoms with van der Waals surface area (Å²) in [5.74, 6) is -1.53. The van der Waals surface area contributed by atoms with Gasteiger partial charge in [0.05, 0.1) is 0 Å². The standard InChI is InChI=1S/C30H32N4O5/c1-18(35)32-25(28(37)31-16-21-13-12-20-6-2-3-9-22(20)21)11-5-8-19-7-4-10-23-24(19)17-34(30(23)39)26-14-15-27(36)33-29(26)38/h2-4,6-7,9-10,16,21,25-26H,5,8,11-15,17H2,1H3,(H,32,35)(H,33,36,38)/b31-16+. The van der Waals surface area contributed by atoms with Gasteiger partial charge in [0.1, 0.15) is 12.1 Å². The van der Waals surface area contributed by atoms with Crippen molar-refractivity contribution in [3.63, 3.8) is 0 Å². The number of nitrogens with one attached hydrogen (secondary N) is 2. The first-order valence-electron chi connectivity index (χ1n) is 13.5. The number of hydrogen-bond acceptors (Lipinski definition) is 5. The second-order valence-electron chi connectivity index (χ2n) is 10.4. The van der Waals surface area contributed by atoms with Crippen molar-refractivity contribution in [3.05, 3.63) is 70.3 Å². The zero-order valence-corrected chi connectivity index (χ0v) is 21.9. The minimum Gasteiger partial charge on any atom is -0.344 e. The Balaban J connectivity index is 1.22. The molecule has 5 rings (SSSR count). The molecule has 3 unspecified atom stereocenters. The molecule has 39 heavy (non-hydrogen) atoms. The predicted octanol–water partition coefficient (Wildman–Crippen LogP) is 2.60. The van der Waals surface area contributed by atoms with Gasteiger partial charge in [-0.3, -0.25) is 29.3 Å². The fourth-order valence-corrected chi connectivity index (χ4v) is 5.88. The summed E-state index contributed by atoms with van der Waals surface area (Å²) < 4.78 is 0. The number of amides is 5. The Morgan fingerprint density at radius 3 is 2.72 bits per heavy atom. The number of carbonyl (C=O) groups excluding carboxylic acids is 5. The molecule has 2 heterocycles. The van der Waals surface area contributed by atoms with Crippen LogP contribution in [0.1, 0.15) is 77.6 Å². The van der Waals surface area contributed by atoms with Crippen molar-refractivity contribution in [2.45, 2.75) is 76.4 Å². The summed E-state index contributed by atoms with van der Waals surface area (Å²) >= 11 is 0. The van der Waals surface area contributed by atoms with Crippen molar-refractivity contribution in [1.29, 1.82) is 0 Å². The number of aryl methyl sites for hydroxylation is 2. The number of rotatable bonds is 8. The molecular weight excluding hydrogens is 496 g/mol. The fraction of sp³-hybridized carbons (Fsp3) is 0.400. The third kappa shape index (κ3) is 5.67. The van der Waals surface area contributed by atoms with Crippen LogP contribution < -0.4 is 10.6 Å². The molecule has 2 aromatic carbocycles. The average Bonchev–Trinajstić information content (AvgIpc) is 3.48. The van der Waals surface area contributed by atoms with Crippen molar-refractivity contribution < 1.29 is 24.0 Å². The molecule has 0 radical (unpaired) electrons. The summed E-state index contributed by atoms with van der Waals surface area (Å²) in [6.07, 6.45) is 5.71. The quantitative estimate of drug-likeness (QED) is 0.403.